The molecule has 0 bridgehead atoms. The Hall–Kier alpha value is -2.91. The van der Waals surface area contributed by atoms with E-state index in [9.17, 15) is 0 Å². The highest BCUT2D eigenvalue weighted by molar-refractivity contribution is 6.29. The van der Waals surface area contributed by atoms with E-state index in [1.807, 2.05) is 6.07 Å². The molecule has 0 atom stereocenters. The Kier molecular flexibility index (Phi) is 5.37. The zero-order valence-corrected chi connectivity index (χ0v) is 18.2. The van der Waals surface area contributed by atoms with E-state index in [2.05, 4.69) is 35.8 Å². The number of morpholine rings is 1. The van der Waals surface area contributed by atoms with Gasteiger partial charge < -0.3 is 24.0 Å². The molecule has 0 amide bonds. The summed E-state index contributed by atoms with van der Waals surface area (Å²) >= 11 is 6.32. The minimum Gasteiger partial charge on any atom is -0.493 e. The van der Waals surface area contributed by atoms with Crippen LogP contribution in [0.25, 0.3) is 11.0 Å². The summed E-state index contributed by atoms with van der Waals surface area (Å²) in [6, 6.07) is 4.09. The van der Waals surface area contributed by atoms with Crippen molar-refractivity contribution in [3.05, 3.63) is 34.9 Å². The van der Waals surface area contributed by atoms with Crippen LogP contribution in [0.1, 0.15) is 11.1 Å². The molecule has 0 radical (unpaired) electrons. The van der Waals surface area contributed by atoms with Crippen LogP contribution in [0.15, 0.2) is 18.5 Å². The van der Waals surface area contributed by atoms with Crippen molar-refractivity contribution in [1.82, 2.24) is 19.9 Å². The number of halogens is 1. The Bertz CT molecular complexity index is 1120. The zero-order chi connectivity index (χ0) is 21.4. The molecular weight excluding hydrogens is 420 g/mol. The van der Waals surface area contributed by atoms with Crippen molar-refractivity contribution < 1.29 is 14.2 Å². The molecule has 5 rings (SSSR count). The van der Waals surface area contributed by atoms with Crippen LogP contribution in [0.5, 0.6) is 11.5 Å². The fourth-order valence-electron chi connectivity index (χ4n) is 4.18. The van der Waals surface area contributed by atoms with Crippen LogP contribution in [0.3, 0.4) is 0 Å². The summed E-state index contributed by atoms with van der Waals surface area (Å²) < 4.78 is 16.4. The van der Waals surface area contributed by atoms with E-state index in [1.54, 1.807) is 20.5 Å². The molecule has 2 aromatic heterocycles. The maximum atomic E-state index is 6.32. The number of rotatable bonds is 4. The maximum Gasteiger partial charge on any atom is 0.225 e. The molecule has 0 saturated carbocycles. The molecule has 0 spiro atoms. The van der Waals surface area contributed by atoms with Crippen LogP contribution in [0, 0.1) is 0 Å². The highest BCUT2D eigenvalue weighted by atomic mass is 35.5. The molecule has 10 heteroatoms. The van der Waals surface area contributed by atoms with E-state index in [1.165, 1.54) is 11.1 Å². The number of methoxy groups -OCH3 is 2. The molecule has 2 aliphatic rings. The van der Waals surface area contributed by atoms with Gasteiger partial charge in [-0.1, -0.05) is 0 Å². The van der Waals surface area contributed by atoms with Gasteiger partial charge in [-0.3, -0.25) is 0 Å². The number of ether oxygens (including phenoxy) is 3. The van der Waals surface area contributed by atoms with Gasteiger partial charge in [-0.25, -0.2) is 15.0 Å². The Morgan fingerprint density at radius 2 is 1.61 bits per heavy atom. The van der Waals surface area contributed by atoms with Crippen LogP contribution in [0.4, 0.5) is 11.6 Å². The van der Waals surface area contributed by atoms with Crippen molar-refractivity contribution in [2.45, 2.75) is 13.0 Å². The third-order valence-corrected chi connectivity index (χ3v) is 5.91. The smallest absolute Gasteiger partial charge is 0.225 e. The van der Waals surface area contributed by atoms with Gasteiger partial charge in [-0.05, 0) is 41.3 Å². The first-order chi connectivity index (χ1) is 15.2. The first-order valence-corrected chi connectivity index (χ1v) is 10.6. The lowest BCUT2D eigenvalue weighted by Gasteiger charge is -2.31. The first kappa shape index (κ1) is 20.0. The number of hydrogen-bond acceptors (Lipinski definition) is 9. The summed E-state index contributed by atoms with van der Waals surface area (Å²) in [6.07, 6.45) is 2.43. The fourth-order valence-corrected chi connectivity index (χ4v) is 4.35. The number of anilines is 2. The predicted octanol–water partition coefficient (Wildman–Crippen LogP) is 2.49. The molecule has 1 fully saturated rings. The number of benzene rings is 1. The number of aromatic nitrogens is 4. The molecule has 2 aliphatic heterocycles. The highest BCUT2D eigenvalue weighted by Crippen LogP contribution is 2.36. The molecule has 31 heavy (non-hydrogen) atoms. The average molecular weight is 443 g/mol. The van der Waals surface area contributed by atoms with Crippen molar-refractivity contribution in [3.8, 4) is 11.5 Å². The van der Waals surface area contributed by atoms with Crippen LogP contribution in [-0.2, 0) is 17.7 Å². The first-order valence-electron chi connectivity index (χ1n) is 10.2. The molecule has 1 aromatic carbocycles. The van der Waals surface area contributed by atoms with E-state index in [0.29, 0.717) is 30.8 Å². The van der Waals surface area contributed by atoms with Crippen molar-refractivity contribution in [2.75, 3.05) is 56.9 Å². The number of nitrogens with zero attached hydrogens (tertiary/aromatic N) is 6. The summed E-state index contributed by atoms with van der Waals surface area (Å²) in [5.74, 6) is 2.95. The maximum absolute atomic E-state index is 6.32. The summed E-state index contributed by atoms with van der Waals surface area (Å²) in [5, 5.41) is 0.189. The Balaban J connectivity index is 1.55. The Morgan fingerprint density at radius 1 is 0.871 bits per heavy atom. The summed E-state index contributed by atoms with van der Waals surface area (Å²) in [7, 11) is 3.30. The fraction of sp³-hybridized carbons (Fsp3) is 0.429. The molecule has 0 N–H and O–H groups in total. The number of fused-ring (bicyclic) bond motifs is 2. The van der Waals surface area contributed by atoms with Crippen molar-refractivity contribution >= 4 is 34.3 Å². The van der Waals surface area contributed by atoms with Gasteiger partial charge in [0, 0.05) is 26.2 Å². The van der Waals surface area contributed by atoms with Crippen LogP contribution in [-0.4, -0.2) is 67.0 Å². The van der Waals surface area contributed by atoms with Crippen LogP contribution >= 0.6 is 11.6 Å². The topological polar surface area (TPSA) is 85.7 Å². The molecule has 3 aromatic rings. The van der Waals surface area contributed by atoms with Crippen LogP contribution in [0.2, 0.25) is 5.28 Å². The van der Waals surface area contributed by atoms with Gasteiger partial charge in [0.1, 0.15) is 17.4 Å². The van der Waals surface area contributed by atoms with Gasteiger partial charge in [0.15, 0.2) is 23.1 Å². The molecule has 9 nitrogen and oxygen atoms in total. The zero-order valence-electron chi connectivity index (χ0n) is 17.5. The minimum absolute atomic E-state index is 0.189. The summed E-state index contributed by atoms with van der Waals surface area (Å²) in [4.78, 5) is 22.4. The lowest BCUT2D eigenvalue weighted by atomic mass is 9.98. The monoisotopic (exact) mass is 442 g/mol. The van der Waals surface area contributed by atoms with E-state index in [0.717, 1.165) is 49.2 Å². The lowest BCUT2D eigenvalue weighted by Crippen LogP contribution is -2.37. The van der Waals surface area contributed by atoms with E-state index in [4.69, 9.17) is 25.8 Å². The standard InChI is InChI=1S/C21H23ClN6O3/c1-29-15-9-13-3-4-28(11-14(13)10-16(15)30-2)19-18-17(23-12-24-19)20(26-21(22)25-18)27-5-7-31-8-6-27/h9-10,12H,3-8,11H2,1-2H3. The predicted molar refractivity (Wildman–Crippen MR) is 117 cm³/mol. The summed E-state index contributed by atoms with van der Waals surface area (Å²) in [5.41, 5.74) is 3.78. The minimum atomic E-state index is 0.189. The van der Waals surface area contributed by atoms with Crippen molar-refractivity contribution in [2.24, 2.45) is 0 Å². The highest BCUT2D eigenvalue weighted by Gasteiger charge is 2.25. The van der Waals surface area contributed by atoms with Gasteiger partial charge >= 0.3 is 0 Å². The summed E-state index contributed by atoms with van der Waals surface area (Å²) in [6.45, 7) is 4.24. The second-order valence-electron chi connectivity index (χ2n) is 7.46. The molecule has 0 aliphatic carbocycles. The SMILES string of the molecule is COc1cc2c(cc1OC)CN(c1ncnc3c(N4CCOCC4)nc(Cl)nc13)CC2. The Morgan fingerprint density at radius 3 is 2.35 bits per heavy atom. The molecule has 1 saturated heterocycles. The van der Waals surface area contributed by atoms with Gasteiger partial charge in [0.25, 0.3) is 0 Å². The van der Waals surface area contributed by atoms with Crippen LogP contribution < -0.4 is 19.3 Å². The second kappa shape index (κ2) is 8.32. The van der Waals surface area contributed by atoms with E-state index >= 15 is 0 Å². The van der Waals surface area contributed by atoms with Gasteiger partial charge in [-0.2, -0.15) is 4.98 Å². The molecular formula is C21H23ClN6O3. The van der Waals surface area contributed by atoms with Gasteiger partial charge in [0.05, 0.1) is 27.4 Å². The quantitative estimate of drug-likeness (QED) is 0.565. The van der Waals surface area contributed by atoms with Crippen molar-refractivity contribution in [1.29, 1.82) is 0 Å². The van der Waals surface area contributed by atoms with Crippen molar-refractivity contribution in [3.63, 3.8) is 0 Å². The van der Waals surface area contributed by atoms with E-state index < -0.39 is 0 Å². The average Bonchev–Trinajstić information content (AvgIpc) is 2.82. The second-order valence-corrected chi connectivity index (χ2v) is 7.80. The number of hydrogen-bond donors (Lipinski definition) is 0. The molecule has 4 heterocycles. The van der Waals surface area contributed by atoms with Gasteiger partial charge in [-0.15, -0.1) is 0 Å². The lowest BCUT2D eigenvalue weighted by molar-refractivity contribution is 0.122. The molecule has 0 unspecified atom stereocenters. The Labute approximate surface area is 184 Å². The van der Waals surface area contributed by atoms with Gasteiger partial charge in [0.2, 0.25) is 5.28 Å². The largest absolute Gasteiger partial charge is 0.493 e. The third kappa shape index (κ3) is 3.68. The molecule has 162 valence electrons. The normalized spacial score (nSPS) is 16.4. The van der Waals surface area contributed by atoms with E-state index in [-0.39, 0.29) is 5.28 Å². The third-order valence-electron chi connectivity index (χ3n) is 5.75.